The lowest BCUT2D eigenvalue weighted by Gasteiger charge is -2.24. The summed E-state index contributed by atoms with van der Waals surface area (Å²) >= 11 is 0. The number of methoxy groups -OCH3 is 1. The Kier molecular flexibility index (Phi) is 4.63. The second kappa shape index (κ2) is 6.26. The van der Waals surface area contributed by atoms with E-state index >= 15 is 0 Å². The number of carboxylic acids is 1. The fourth-order valence-electron chi connectivity index (χ4n) is 2.81. The summed E-state index contributed by atoms with van der Waals surface area (Å²) < 4.78 is 5.31. The predicted octanol–water partition coefficient (Wildman–Crippen LogP) is 2.01. The van der Waals surface area contributed by atoms with Crippen molar-refractivity contribution in [2.45, 2.75) is 38.8 Å². The van der Waals surface area contributed by atoms with Crippen molar-refractivity contribution < 1.29 is 19.4 Å². The van der Waals surface area contributed by atoms with Gasteiger partial charge >= 0.3 is 5.97 Å². The summed E-state index contributed by atoms with van der Waals surface area (Å²) in [7, 11) is 1.59. The number of benzene rings is 1. The molecule has 1 aromatic carbocycles. The van der Waals surface area contributed by atoms with Crippen molar-refractivity contribution in [3.63, 3.8) is 0 Å². The van der Waals surface area contributed by atoms with Gasteiger partial charge in [0.1, 0.15) is 0 Å². The normalized spacial score (nSPS) is 21.6. The number of likely N-dealkylation sites (tertiary alicyclic amines) is 1. The topological polar surface area (TPSA) is 66.8 Å². The molecule has 0 saturated carbocycles. The Bertz CT molecular complexity index is 555. The molecule has 5 nitrogen and oxygen atoms in total. The van der Waals surface area contributed by atoms with Gasteiger partial charge in [0.25, 0.3) is 5.91 Å². The van der Waals surface area contributed by atoms with Crippen molar-refractivity contribution in [3.8, 4) is 0 Å². The fraction of sp³-hybridized carbons (Fsp3) is 0.500. The Morgan fingerprint density at radius 2 is 2.10 bits per heavy atom. The van der Waals surface area contributed by atoms with E-state index in [4.69, 9.17) is 9.84 Å². The molecule has 0 aromatic heterocycles. The Morgan fingerprint density at radius 1 is 1.38 bits per heavy atom. The standard InChI is InChI=1S/C16H21NO4/c1-10-4-5-11(2)14(6-10)16(20)17-9-13(21-3)7-12(17)8-15(18)19/h4-6,12-13H,7-9H2,1-3H3,(H,18,19). The molecular formula is C16H21NO4. The van der Waals surface area contributed by atoms with Gasteiger partial charge in [0.15, 0.2) is 0 Å². The first-order valence-electron chi connectivity index (χ1n) is 7.05. The Morgan fingerprint density at radius 3 is 2.71 bits per heavy atom. The smallest absolute Gasteiger partial charge is 0.305 e. The summed E-state index contributed by atoms with van der Waals surface area (Å²) in [5, 5.41) is 9.02. The minimum Gasteiger partial charge on any atom is -0.481 e. The third kappa shape index (κ3) is 3.42. The van der Waals surface area contributed by atoms with Crippen molar-refractivity contribution in [2.75, 3.05) is 13.7 Å². The Balaban J connectivity index is 2.26. The molecule has 1 aliphatic heterocycles. The number of carbonyl (C=O) groups is 2. The number of hydrogen-bond acceptors (Lipinski definition) is 3. The van der Waals surface area contributed by atoms with E-state index in [9.17, 15) is 9.59 Å². The average molecular weight is 291 g/mol. The molecule has 1 amide bonds. The number of aryl methyl sites for hydroxylation is 2. The van der Waals surface area contributed by atoms with Crippen molar-refractivity contribution in [1.29, 1.82) is 0 Å². The van der Waals surface area contributed by atoms with Crippen LogP contribution in [0.2, 0.25) is 0 Å². The van der Waals surface area contributed by atoms with E-state index in [-0.39, 0.29) is 24.5 Å². The zero-order chi connectivity index (χ0) is 15.6. The van der Waals surface area contributed by atoms with Gasteiger partial charge in [-0.1, -0.05) is 17.7 Å². The summed E-state index contributed by atoms with van der Waals surface area (Å²) in [5.41, 5.74) is 2.56. The molecule has 1 fully saturated rings. The van der Waals surface area contributed by atoms with Gasteiger partial charge in [-0.3, -0.25) is 9.59 Å². The average Bonchev–Trinajstić information content (AvgIpc) is 2.83. The van der Waals surface area contributed by atoms with E-state index in [2.05, 4.69) is 0 Å². The van der Waals surface area contributed by atoms with Gasteiger partial charge in [-0.15, -0.1) is 0 Å². The third-order valence-corrected chi connectivity index (χ3v) is 4.00. The van der Waals surface area contributed by atoms with E-state index in [1.54, 1.807) is 12.0 Å². The van der Waals surface area contributed by atoms with Gasteiger partial charge in [0.2, 0.25) is 0 Å². The number of rotatable bonds is 4. The fourth-order valence-corrected chi connectivity index (χ4v) is 2.81. The lowest BCUT2D eigenvalue weighted by Crippen LogP contribution is -2.37. The van der Waals surface area contributed by atoms with Crippen LogP contribution in [0.15, 0.2) is 18.2 Å². The first-order valence-corrected chi connectivity index (χ1v) is 7.05. The molecule has 1 N–H and O–H groups in total. The number of ether oxygens (including phenoxy) is 1. The molecule has 5 heteroatoms. The first-order chi connectivity index (χ1) is 9.92. The maximum atomic E-state index is 12.8. The van der Waals surface area contributed by atoms with Gasteiger partial charge in [0.05, 0.1) is 12.5 Å². The maximum absolute atomic E-state index is 12.8. The minimum absolute atomic E-state index is 0.0452. The second-order valence-electron chi connectivity index (χ2n) is 5.62. The summed E-state index contributed by atoms with van der Waals surface area (Å²) in [6.07, 6.45) is 0.430. The molecule has 0 aliphatic carbocycles. The molecule has 0 radical (unpaired) electrons. The summed E-state index contributed by atoms with van der Waals surface area (Å²) in [5.74, 6) is -1.00. The molecule has 2 atom stereocenters. The molecule has 0 spiro atoms. The molecule has 2 rings (SSSR count). The highest BCUT2D eigenvalue weighted by molar-refractivity contribution is 5.96. The molecule has 21 heavy (non-hydrogen) atoms. The summed E-state index contributed by atoms with van der Waals surface area (Å²) in [4.78, 5) is 25.4. The van der Waals surface area contributed by atoms with Crippen LogP contribution in [0.5, 0.6) is 0 Å². The van der Waals surface area contributed by atoms with E-state index in [0.717, 1.165) is 11.1 Å². The SMILES string of the molecule is COC1CC(CC(=O)O)N(C(=O)c2cc(C)ccc2C)C1. The monoisotopic (exact) mass is 291 g/mol. The van der Waals surface area contributed by atoms with Crippen molar-refractivity contribution in [3.05, 3.63) is 34.9 Å². The predicted molar refractivity (Wildman–Crippen MR) is 78.4 cm³/mol. The molecule has 1 aromatic rings. The van der Waals surface area contributed by atoms with Crippen LogP contribution in [-0.4, -0.2) is 47.7 Å². The van der Waals surface area contributed by atoms with Crippen LogP contribution < -0.4 is 0 Å². The Labute approximate surface area is 124 Å². The quantitative estimate of drug-likeness (QED) is 0.921. The van der Waals surface area contributed by atoms with Gasteiger partial charge in [0, 0.05) is 25.3 Å². The van der Waals surface area contributed by atoms with E-state index in [0.29, 0.717) is 18.5 Å². The molecule has 1 saturated heterocycles. The largest absolute Gasteiger partial charge is 0.481 e. The molecule has 2 unspecified atom stereocenters. The zero-order valence-corrected chi connectivity index (χ0v) is 12.6. The minimum atomic E-state index is -0.893. The van der Waals surface area contributed by atoms with Crippen LogP contribution in [0.4, 0.5) is 0 Å². The van der Waals surface area contributed by atoms with E-state index in [1.807, 2.05) is 32.0 Å². The maximum Gasteiger partial charge on any atom is 0.305 e. The first kappa shape index (κ1) is 15.5. The number of hydrogen-bond donors (Lipinski definition) is 1. The molecule has 114 valence electrons. The van der Waals surface area contributed by atoms with E-state index in [1.165, 1.54) is 0 Å². The lowest BCUT2D eigenvalue weighted by atomic mass is 10.0. The summed E-state index contributed by atoms with van der Waals surface area (Å²) in [6.45, 7) is 4.27. The van der Waals surface area contributed by atoms with Crippen LogP contribution in [0.1, 0.15) is 34.3 Å². The van der Waals surface area contributed by atoms with Crippen LogP contribution in [-0.2, 0) is 9.53 Å². The van der Waals surface area contributed by atoms with Crippen LogP contribution in [0.25, 0.3) is 0 Å². The summed E-state index contributed by atoms with van der Waals surface area (Å²) in [6, 6.07) is 5.43. The van der Waals surface area contributed by atoms with Gasteiger partial charge < -0.3 is 14.7 Å². The van der Waals surface area contributed by atoms with Crippen molar-refractivity contribution >= 4 is 11.9 Å². The third-order valence-electron chi connectivity index (χ3n) is 4.00. The zero-order valence-electron chi connectivity index (χ0n) is 12.6. The number of nitrogens with zero attached hydrogens (tertiary/aromatic N) is 1. The lowest BCUT2D eigenvalue weighted by molar-refractivity contribution is -0.137. The highest BCUT2D eigenvalue weighted by atomic mass is 16.5. The molecule has 1 aliphatic rings. The van der Waals surface area contributed by atoms with E-state index < -0.39 is 5.97 Å². The molecular weight excluding hydrogens is 270 g/mol. The highest BCUT2D eigenvalue weighted by Crippen LogP contribution is 2.26. The highest BCUT2D eigenvalue weighted by Gasteiger charge is 2.37. The van der Waals surface area contributed by atoms with Gasteiger partial charge in [-0.2, -0.15) is 0 Å². The number of amides is 1. The number of carbonyl (C=O) groups excluding carboxylic acids is 1. The van der Waals surface area contributed by atoms with Crippen LogP contribution in [0.3, 0.4) is 0 Å². The second-order valence-corrected chi connectivity index (χ2v) is 5.62. The molecule has 1 heterocycles. The van der Waals surface area contributed by atoms with Gasteiger partial charge in [-0.05, 0) is 31.9 Å². The van der Waals surface area contributed by atoms with Crippen molar-refractivity contribution in [1.82, 2.24) is 4.90 Å². The molecule has 0 bridgehead atoms. The van der Waals surface area contributed by atoms with Crippen LogP contribution in [0, 0.1) is 13.8 Å². The van der Waals surface area contributed by atoms with Gasteiger partial charge in [-0.25, -0.2) is 0 Å². The van der Waals surface area contributed by atoms with Crippen molar-refractivity contribution in [2.24, 2.45) is 0 Å². The van der Waals surface area contributed by atoms with Crippen LogP contribution >= 0.6 is 0 Å². The Hall–Kier alpha value is -1.88. The number of aliphatic carboxylic acids is 1. The number of carboxylic acid groups (broad SMARTS) is 1.